The maximum atomic E-state index is 14.2. The Labute approximate surface area is 183 Å². The van der Waals surface area contributed by atoms with E-state index in [0.29, 0.717) is 13.1 Å². The van der Waals surface area contributed by atoms with Gasteiger partial charge in [-0.25, -0.2) is 17.8 Å². The Balaban J connectivity index is 1.53. The molecule has 2 heterocycles. The van der Waals surface area contributed by atoms with Gasteiger partial charge in [0.2, 0.25) is 15.0 Å². The molecule has 31 heavy (non-hydrogen) atoms. The summed E-state index contributed by atoms with van der Waals surface area (Å²) in [7, 11) is -3.42. The first kappa shape index (κ1) is 21.7. The minimum atomic E-state index is -3.42. The molecule has 1 aliphatic heterocycles. The second kappa shape index (κ2) is 9.32. The molecule has 0 radical (unpaired) electrons. The van der Waals surface area contributed by atoms with Crippen LogP contribution in [0.25, 0.3) is 0 Å². The van der Waals surface area contributed by atoms with Gasteiger partial charge in [-0.3, -0.25) is 4.90 Å². The monoisotopic (exact) mass is 441 g/mol. The molecule has 1 atom stereocenters. The highest BCUT2D eigenvalue weighted by Crippen LogP contribution is 2.30. The number of halogens is 1. The third-order valence-electron chi connectivity index (χ3n) is 6.03. The lowest BCUT2D eigenvalue weighted by Gasteiger charge is -2.18. The summed E-state index contributed by atoms with van der Waals surface area (Å²) in [4.78, 5) is 6.55. The molecule has 0 saturated carbocycles. The molecule has 3 aromatic rings. The molecule has 0 bridgehead atoms. The van der Waals surface area contributed by atoms with E-state index in [0.717, 1.165) is 42.8 Å². The van der Waals surface area contributed by atoms with Crippen LogP contribution in [-0.2, 0) is 29.3 Å². The number of sulfone groups is 1. The smallest absolute Gasteiger partial charge is 0.227 e. The van der Waals surface area contributed by atoms with Gasteiger partial charge in [0.1, 0.15) is 5.82 Å². The molecule has 0 aliphatic carbocycles. The first-order valence-electron chi connectivity index (χ1n) is 10.8. The van der Waals surface area contributed by atoms with Gasteiger partial charge in [0.25, 0.3) is 0 Å². The highest BCUT2D eigenvalue weighted by Gasteiger charge is 2.28. The average Bonchev–Trinajstić information content (AvgIpc) is 3.41. The van der Waals surface area contributed by atoms with E-state index in [1.165, 1.54) is 6.07 Å². The van der Waals surface area contributed by atoms with E-state index < -0.39 is 9.84 Å². The van der Waals surface area contributed by atoms with E-state index in [-0.39, 0.29) is 22.6 Å². The number of imidazole rings is 1. The van der Waals surface area contributed by atoms with E-state index in [4.69, 9.17) is 0 Å². The molecule has 2 aromatic carbocycles. The molecule has 0 spiro atoms. The summed E-state index contributed by atoms with van der Waals surface area (Å²) in [6.07, 6.45) is 3.30. The van der Waals surface area contributed by atoms with Gasteiger partial charge in [-0.2, -0.15) is 0 Å². The van der Waals surface area contributed by atoms with Crippen LogP contribution in [0.5, 0.6) is 0 Å². The van der Waals surface area contributed by atoms with E-state index >= 15 is 0 Å². The van der Waals surface area contributed by atoms with E-state index in [1.807, 2.05) is 47.0 Å². The predicted octanol–water partition coefficient (Wildman–Crippen LogP) is 4.05. The number of nitrogens with zero attached hydrogens (tertiary/aromatic N) is 3. The molecule has 1 saturated heterocycles. The average molecular weight is 442 g/mol. The largest absolute Gasteiger partial charge is 0.317 e. The number of aromatic nitrogens is 2. The number of hydrogen-bond donors (Lipinski definition) is 0. The van der Waals surface area contributed by atoms with Gasteiger partial charge in [-0.1, -0.05) is 55.5 Å². The van der Waals surface area contributed by atoms with Crippen molar-refractivity contribution < 1.29 is 12.8 Å². The molecule has 164 valence electrons. The Hall–Kier alpha value is -2.51. The Morgan fingerprint density at radius 1 is 1.10 bits per heavy atom. The highest BCUT2D eigenvalue weighted by molar-refractivity contribution is 7.91. The fraction of sp³-hybridized carbons (Fsp3) is 0.375. The van der Waals surface area contributed by atoms with E-state index in [2.05, 4.69) is 9.88 Å². The standard InChI is InChI=1S/C24H28FN3O2S/c1-2-31(29,30)24-26-16-21(28(24)15-12-19-8-4-3-5-9-19)18-27-14-13-20(17-27)22-10-6-7-11-23(22)25/h3-11,16,20H,2,12-15,17-18H2,1H3. The van der Waals surface area contributed by atoms with Crippen molar-refractivity contribution in [2.45, 2.75) is 43.9 Å². The van der Waals surface area contributed by atoms with Crippen molar-refractivity contribution in [1.82, 2.24) is 14.5 Å². The van der Waals surface area contributed by atoms with Crippen molar-refractivity contribution in [3.05, 3.63) is 83.4 Å². The molecule has 1 aliphatic rings. The normalized spacial score (nSPS) is 17.3. The van der Waals surface area contributed by atoms with Crippen LogP contribution in [0.15, 0.2) is 66.0 Å². The number of hydrogen-bond acceptors (Lipinski definition) is 4. The summed E-state index contributed by atoms with van der Waals surface area (Å²) in [6, 6.07) is 17.0. The van der Waals surface area contributed by atoms with Gasteiger partial charge in [0.05, 0.1) is 17.6 Å². The molecule has 1 unspecified atom stereocenters. The molecule has 1 aromatic heterocycles. The molecule has 0 N–H and O–H groups in total. The zero-order valence-corrected chi connectivity index (χ0v) is 18.6. The van der Waals surface area contributed by atoms with Crippen LogP contribution >= 0.6 is 0 Å². The van der Waals surface area contributed by atoms with Gasteiger partial charge < -0.3 is 4.57 Å². The number of aryl methyl sites for hydroxylation is 1. The third-order valence-corrected chi connectivity index (χ3v) is 7.67. The lowest BCUT2D eigenvalue weighted by atomic mass is 9.98. The van der Waals surface area contributed by atoms with Gasteiger partial charge >= 0.3 is 0 Å². The van der Waals surface area contributed by atoms with E-state index in [9.17, 15) is 12.8 Å². The quantitative estimate of drug-likeness (QED) is 0.529. The zero-order valence-electron chi connectivity index (χ0n) is 17.7. The fourth-order valence-corrected chi connectivity index (χ4v) is 5.30. The minimum Gasteiger partial charge on any atom is -0.317 e. The van der Waals surface area contributed by atoms with Crippen molar-refractivity contribution >= 4 is 9.84 Å². The number of rotatable bonds is 8. The van der Waals surface area contributed by atoms with Crippen LogP contribution in [0, 0.1) is 5.82 Å². The summed E-state index contributed by atoms with van der Waals surface area (Å²) in [5.74, 6) is 0.0211. The van der Waals surface area contributed by atoms with Crippen molar-refractivity contribution in [2.75, 3.05) is 18.8 Å². The van der Waals surface area contributed by atoms with Crippen molar-refractivity contribution in [3.8, 4) is 0 Å². The van der Waals surface area contributed by atoms with E-state index in [1.54, 1.807) is 19.2 Å². The predicted molar refractivity (Wildman–Crippen MR) is 119 cm³/mol. The van der Waals surface area contributed by atoms with Crippen LogP contribution in [0.2, 0.25) is 0 Å². The van der Waals surface area contributed by atoms with Crippen LogP contribution < -0.4 is 0 Å². The Morgan fingerprint density at radius 3 is 2.58 bits per heavy atom. The van der Waals surface area contributed by atoms with Gasteiger partial charge in [0.15, 0.2) is 0 Å². The second-order valence-electron chi connectivity index (χ2n) is 8.06. The molecule has 5 nitrogen and oxygen atoms in total. The van der Waals surface area contributed by atoms with Crippen LogP contribution in [-0.4, -0.2) is 41.7 Å². The topological polar surface area (TPSA) is 55.2 Å². The first-order chi connectivity index (χ1) is 15.0. The van der Waals surface area contributed by atoms with Gasteiger partial charge in [-0.15, -0.1) is 0 Å². The van der Waals surface area contributed by atoms with Crippen LogP contribution in [0.1, 0.15) is 36.1 Å². The first-order valence-corrected chi connectivity index (χ1v) is 12.4. The Bertz CT molecular complexity index is 1130. The van der Waals surface area contributed by atoms with Crippen molar-refractivity contribution in [1.29, 1.82) is 0 Å². The number of benzene rings is 2. The number of likely N-dealkylation sites (tertiary alicyclic amines) is 1. The Morgan fingerprint density at radius 2 is 1.84 bits per heavy atom. The maximum Gasteiger partial charge on any atom is 0.227 e. The maximum absolute atomic E-state index is 14.2. The summed E-state index contributed by atoms with van der Waals surface area (Å²) in [6.45, 7) is 4.40. The van der Waals surface area contributed by atoms with Crippen molar-refractivity contribution in [3.63, 3.8) is 0 Å². The summed E-state index contributed by atoms with van der Waals surface area (Å²) < 4.78 is 41.3. The fourth-order valence-electron chi connectivity index (χ4n) is 4.29. The molecule has 4 rings (SSSR count). The molecule has 1 fully saturated rings. The molecular formula is C24H28FN3O2S. The molecule has 7 heteroatoms. The minimum absolute atomic E-state index is 0.0217. The SMILES string of the molecule is CCS(=O)(=O)c1ncc(CN2CCC(c3ccccc3F)C2)n1CCc1ccccc1. The highest BCUT2D eigenvalue weighted by atomic mass is 32.2. The third kappa shape index (κ3) is 4.88. The summed E-state index contributed by atoms with van der Waals surface area (Å²) in [5.41, 5.74) is 2.80. The van der Waals surface area contributed by atoms with Gasteiger partial charge in [0, 0.05) is 25.6 Å². The lowest BCUT2D eigenvalue weighted by Crippen LogP contribution is -2.23. The second-order valence-corrected chi connectivity index (χ2v) is 10.2. The summed E-state index contributed by atoms with van der Waals surface area (Å²) in [5, 5.41) is 0.144. The lowest BCUT2D eigenvalue weighted by molar-refractivity contribution is 0.314. The van der Waals surface area contributed by atoms with Crippen molar-refractivity contribution in [2.24, 2.45) is 0 Å². The zero-order chi connectivity index (χ0) is 21.8. The Kier molecular flexibility index (Phi) is 6.53. The van der Waals surface area contributed by atoms with Crippen LogP contribution in [0.3, 0.4) is 0 Å². The summed E-state index contributed by atoms with van der Waals surface area (Å²) >= 11 is 0. The molecule has 0 amide bonds. The molecular weight excluding hydrogens is 413 g/mol. The van der Waals surface area contributed by atoms with Gasteiger partial charge in [-0.05, 0) is 36.6 Å². The van der Waals surface area contributed by atoms with Crippen LogP contribution in [0.4, 0.5) is 4.39 Å².